The summed E-state index contributed by atoms with van der Waals surface area (Å²) in [6.07, 6.45) is 5.04. The summed E-state index contributed by atoms with van der Waals surface area (Å²) in [4.78, 5) is 9.00. The van der Waals surface area contributed by atoms with E-state index in [1.54, 1.807) is 0 Å². The fourth-order valence-corrected chi connectivity index (χ4v) is 3.63. The molecule has 0 aliphatic heterocycles. The second-order valence-corrected chi connectivity index (χ2v) is 6.10. The number of hydrogen-bond donors (Lipinski definition) is 1. The number of nitrogen functional groups attached to an aromatic ring is 1. The van der Waals surface area contributed by atoms with Crippen LogP contribution >= 0.6 is 0 Å². The molecule has 4 nitrogen and oxygen atoms in total. The second kappa shape index (κ2) is 3.95. The molecule has 0 aromatic carbocycles. The van der Waals surface area contributed by atoms with E-state index >= 15 is 0 Å². The molecule has 1 saturated carbocycles. The molecule has 19 heavy (non-hydrogen) atoms. The SMILES string of the molecule is Cc1nc(N)c2c(C)c(C)n(C3(C)CCCC3)c2n1. The van der Waals surface area contributed by atoms with E-state index in [-0.39, 0.29) is 5.54 Å². The standard InChI is InChI=1S/C15H22N4/c1-9-10(2)19(15(4)7-5-6-8-15)14-12(9)13(16)17-11(3)18-14/h5-8H2,1-4H3,(H2,16,17,18). The molecule has 2 aromatic rings. The van der Waals surface area contributed by atoms with Gasteiger partial charge in [0, 0.05) is 11.2 Å². The quantitative estimate of drug-likeness (QED) is 0.854. The minimum absolute atomic E-state index is 0.184. The number of fused-ring (bicyclic) bond motifs is 1. The van der Waals surface area contributed by atoms with Gasteiger partial charge in [-0.1, -0.05) is 12.8 Å². The van der Waals surface area contributed by atoms with Gasteiger partial charge in [0.05, 0.1) is 5.39 Å². The molecule has 0 amide bonds. The van der Waals surface area contributed by atoms with Gasteiger partial charge in [0.1, 0.15) is 17.3 Å². The summed E-state index contributed by atoms with van der Waals surface area (Å²) >= 11 is 0. The third-order valence-electron chi connectivity index (χ3n) is 4.72. The molecule has 0 unspecified atom stereocenters. The first-order valence-electron chi connectivity index (χ1n) is 7.06. The maximum atomic E-state index is 6.12. The molecule has 4 heteroatoms. The van der Waals surface area contributed by atoms with Gasteiger partial charge in [-0.3, -0.25) is 0 Å². The van der Waals surface area contributed by atoms with E-state index in [0.717, 1.165) is 16.9 Å². The van der Waals surface area contributed by atoms with Crippen LogP contribution in [0.2, 0.25) is 0 Å². The summed E-state index contributed by atoms with van der Waals surface area (Å²) in [7, 11) is 0. The summed E-state index contributed by atoms with van der Waals surface area (Å²) in [5, 5.41) is 1.04. The number of hydrogen-bond acceptors (Lipinski definition) is 3. The highest BCUT2D eigenvalue weighted by Gasteiger charge is 2.34. The maximum absolute atomic E-state index is 6.12. The molecule has 2 aromatic heterocycles. The van der Waals surface area contributed by atoms with Gasteiger partial charge in [-0.15, -0.1) is 0 Å². The molecule has 0 spiro atoms. The summed E-state index contributed by atoms with van der Waals surface area (Å²) in [5.74, 6) is 1.37. The summed E-state index contributed by atoms with van der Waals surface area (Å²) in [5.41, 5.74) is 9.83. The van der Waals surface area contributed by atoms with Crippen LogP contribution in [0.25, 0.3) is 11.0 Å². The van der Waals surface area contributed by atoms with Gasteiger partial charge in [-0.25, -0.2) is 9.97 Å². The van der Waals surface area contributed by atoms with Crippen LogP contribution in [0.3, 0.4) is 0 Å². The first-order valence-corrected chi connectivity index (χ1v) is 7.06. The van der Waals surface area contributed by atoms with Gasteiger partial charge in [-0.05, 0) is 46.1 Å². The normalized spacial score (nSPS) is 18.3. The predicted octanol–water partition coefficient (Wildman–Crippen LogP) is 3.23. The van der Waals surface area contributed by atoms with Crippen LogP contribution in [0.15, 0.2) is 0 Å². The van der Waals surface area contributed by atoms with E-state index in [1.807, 2.05) is 6.92 Å². The van der Waals surface area contributed by atoms with Crippen LogP contribution in [-0.4, -0.2) is 14.5 Å². The zero-order chi connectivity index (χ0) is 13.8. The van der Waals surface area contributed by atoms with E-state index in [4.69, 9.17) is 5.73 Å². The Kier molecular flexibility index (Phi) is 2.59. The summed E-state index contributed by atoms with van der Waals surface area (Å²) in [6, 6.07) is 0. The lowest BCUT2D eigenvalue weighted by Crippen LogP contribution is -2.27. The van der Waals surface area contributed by atoms with Crippen LogP contribution in [0.1, 0.15) is 49.7 Å². The van der Waals surface area contributed by atoms with Crippen LogP contribution in [0.4, 0.5) is 5.82 Å². The highest BCUT2D eigenvalue weighted by atomic mass is 15.1. The largest absolute Gasteiger partial charge is 0.383 e. The van der Waals surface area contributed by atoms with E-state index in [2.05, 4.69) is 35.3 Å². The summed E-state index contributed by atoms with van der Waals surface area (Å²) in [6.45, 7) is 8.56. The lowest BCUT2D eigenvalue weighted by molar-refractivity contribution is 0.332. The number of aryl methyl sites for hydroxylation is 2. The highest BCUT2D eigenvalue weighted by Crippen LogP contribution is 2.41. The minimum atomic E-state index is 0.184. The van der Waals surface area contributed by atoms with E-state index in [1.165, 1.54) is 36.9 Å². The van der Waals surface area contributed by atoms with Gasteiger partial charge in [0.2, 0.25) is 0 Å². The Morgan fingerprint density at radius 2 is 1.74 bits per heavy atom. The van der Waals surface area contributed by atoms with Crippen molar-refractivity contribution >= 4 is 16.9 Å². The van der Waals surface area contributed by atoms with Gasteiger partial charge in [-0.2, -0.15) is 0 Å². The number of nitrogens with two attached hydrogens (primary N) is 1. The van der Waals surface area contributed by atoms with E-state index in [9.17, 15) is 0 Å². The van der Waals surface area contributed by atoms with Gasteiger partial charge >= 0.3 is 0 Å². The fraction of sp³-hybridized carbons (Fsp3) is 0.600. The average Bonchev–Trinajstić information content (AvgIpc) is 2.84. The minimum Gasteiger partial charge on any atom is -0.383 e. The lowest BCUT2D eigenvalue weighted by Gasteiger charge is -2.28. The third-order valence-corrected chi connectivity index (χ3v) is 4.72. The highest BCUT2D eigenvalue weighted by molar-refractivity contribution is 5.91. The Bertz CT molecular complexity index is 648. The number of anilines is 1. The topological polar surface area (TPSA) is 56.7 Å². The number of rotatable bonds is 1. The van der Waals surface area contributed by atoms with Crippen LogP contribution < -0.4 is 5.73 Å². The Labute approximate surface area is 114 Å². The first kappa shape index (κ1) is 12.5. The maximum Gasteiger partial charge on any atom is 0.146 e. The third kappa shape index (κ3) is 1.66. The first-order chi connectivity index (χ1) is 8.94. The molecule has 1 aliphatic carbocycles. The van der Waals surface area contributed by atoms with Crippen LogP contribution in [0, 0.1) is 20.8 Å². The molecule has 0 radical (unpaired) electrons. The van der Waals surface area contributed by atoms with Crippen LogP contribution in [0.5, 0.6) is 0 Å². The van der Waals surface area contributed by atoms with Crippen molar-refractivity contribution in [2.24, 2.45) is 0 Å². The zero-order valence-electron chi connectivity index (χ0n) is 12.2. The van der Waals surface area contributed by atoms with Gasteiger partial charge < -0.3 is 10.3 Å². The Balaban J connectivity index is 2.39. The average molecular weight is 258 g/mol. The molecule has 102 valence electrons. The molecule has 1 fully saturated rings. The van der Waals surface area contributed by atoms with Gasteiger partial charge in [0.15, 0.2) is 0 Å². The molecule has 3 rings (SSSR count). The lowest BCUT2D eigenvalue weighted by atomic mass is 10.00. The molecule has 2 heterocycles. The van der Waals surface area contributed by atoms with E-state index < -0.39 is 0 Å². The van der Waals surface area contributed by atoms with Crippen molar-refractivity contribution in [3.63, 3.8) is 0 Å². The smallest absolute Gasteiger partial charge is 0.146 e. The second-order valence-electron chi connectivity index (χ2n) is 6.10. The fourth-order valence-electron chi connectivity index (χ4n) is 3.63. The van der Waals surface area contributed by atoms with Gasteiger partial charge in [0.25, 0.3) is 0 Å². The Morgan fingerprint density at radius 1 is 1.11 bits per heavy atom. The van der Waals surface area contributed by atoms with Crippen molar-refractivity contribution in [1.29, 1.82) is 0 Å². The van der Waals surface area contributed by atoms with Crippen molar-refractivity contribution in [3.05, 3.63) is 17.1 Å². The van der Waals surface area contributed by atoms with Crippen molar-refractivity contribution in [1.82, 2.24) is 14.5 Å². The molecule has 0 atom stereocenters. The molecule has 0 bridgehead atoms. The zero-order valence-corrected chi connectivity index (χ0v) is 12.2. The van der Waals surface area contributed by atoms with Crippen molar-refractivity contribution in [3.8, 4) is 0 Å². The Hall–Kier alpha value is -1.58. The van der Waals surface area contributed by atoms with Crippen LogP contribution in [-0.2, 0) is 5.54 Å². The molecular weight excluding hydrogens is 236 g/mol. The predicted molar refractivity (Wildman–Crippen MR) is 78.3 cm³/mol. The number of aromatic nitrogens is 3. The monoisotopic (exact) mass is 258 g/mol. The molecule has 2 N–H and O–H groups in total. The van der Waals surface area contributed by atoms with Crippen molar-refractivity contribution in [2.45, 2.75) is 58.9 Å². The van der Waals surface area contributed by atoms with Crippen molar-refractivity contribution in [2.75, 3.05) is 5.73 Å². The molecular formula is C15H22N4. The number of nitrogens with zero attached hydrogens (tertiary/aromatic N) is 3. The van der Waals surface area contributed by atoms with Crippen molar-refractivity contribution < 1.29 is 0 Å². The molecule has 1 aliphatic rings. The Morgan fingerprint density at radius 3 is 2.37 bits per heavy atom. The molecule has 0 saturated heterocycles. The summed E-state index contributed by atoms with van der Waals surface area (Å²) < 4.78 is 2.41. The van der Waals surface area contributed by atoms with E-state index in [0.29, 0.717) is 5.82 Å².